The smallest absolute Gasteiger partial charge is 0.326 e. The topological polar surface area (TPSA) is 116 Å². The number of anilines is 3. The maximum absolute atomic E-state index is 12.0. The Hall–Kier alpha value is -2.98. The van der Waals surface area contributed by atoms with Gasteiger partial charge in [-0.2, -0.15) is 0 Å². The molecule has 0 bridgehead atoms. The number of nitrogens with one attached hydrogen (secondary N) is 2. The second kappa shape index (κ2) is 13.9. The van der Waals surface area contributed by atoms with Gasteiger partial charge in [-0.15, -0.1) is 0 Å². The van der Waals surface area contributed by atoms with Crippen molar-refractivity contribution in [2.75, 3.05) is 62.9 Å². The minimum atomic E-state index is -0.896. The van der Waals surface area contributed by atoms with Gasteiger partial charge in [0.05, 0.1) is 6.10 Å². The van der Waals surface area contributed by atoms with E-state index in [0.29, 0.717) is 18.8 Å². The van der Waals surface area contributed by atoms with E-state index >= 15 is 0 Å². The fraction of sp³-hybridized carbons (Fsp3) is 0.615. The van der Waals surface area contributed by atoms with Gasteiger partial charge in [0.2, 0.25) is 0 Å². The maximum atomic E-state index is 12.0. The van der Waals surface area contributed by atoms with Crippen LogP contribution in [0.3, 0.4) is 0 Å². The van der Waals surface area contributed by atoms with Crippen LogP contribution in [0.2, 0.25) is 0 Å². The van der Waals surface area contributed by atoms with Gasteiger partial charge in [-0.05, 0) is 63.6 Å². The van der Waals surface area contributed by atoms with Crippen LogP contribution in [0, 0.1) is 0 Å². The number of carboxylic acids is 1. The first-order chi connectivity index (χ1) is 17.4. The van der Waals surface area contributed by atoms with Crippen LogP contribution in [0.1, 0.15) is 43.9 Å². The number of aromatic nitrogens is 3. The molecule has 3 heterocycles. The molecule has 3 N–H and O–H groups in total. The molecule has 0 aromatic carbocycles. The van der Waals surface area contributed by atoms with Crippen molar-refractivity contribution in [3.8, 4) is 0 Å². The fourth-order valence-corrected chi connectivity index (χ4v) is 4.30. The zero-order chi connectivity index (χ0) is 25.9. The highest BCUT2D eigenvalue weighted by atomic mass is 16.5. The van der Waals surface area contributed by atoms with Crippen LogP contribution < -0.4 is 15.5 Å². The molecule has 1 unspecified atom stereocenters. The number of carboxylic acid groups (broad SMARTS) is 1. The van der Waals surface area contributed by atoms with Crippen LogP contribution in [-0.4, -0.2) is 90.5 Å². The summed E-state index contributed by atoms with van der Waals surface area (Å²) in [6.07, 6.45) is 7.19. The number of hydrogen-bond donors (Lipinski definition) is 3. The van der Waals surface area contributed by atoms with Gasteiger partial charge in [0, 0.05) is 52.6 Å². The highest BCUT2D eigenvalue weighted by molar-refractivity contribution is 5.77. The molecule has 2 aromatic heterocycles. The molecule has 2 aromatic rings. The monoisotopic (exact) mass is 499 g/mol. The largest absolute Gasteiger partial charge is 0.480 e. The van der Waals surface area contributed by atoms with Crippen molar-refractivity contribution in [2.24, 2.45) is 0 Å². The van der Waals surface area contributed by atoms with Gasteiger partial charge in [0.25, 0.3) is 0 Å². The summed E-state index contributed by atoms with van der Waals surface area (Å²) >= 11 is 0. The quantitative estimate of drug-likeness (QED) is 0.316. The minimum absolute atomic E-state index is 0.0686. The second-order valence-electron chi connectivity index (χ2n) is 9.62. The number of carbonyl (C=O) groups is 1. The van der Waals surface area contributed by atoms with Crippen molar-refractivity contribution in [3.05, 3.63) is 35.8 Å². The Morgan fingerprint density at radius 1 is 1.25 bits per heavy atom. The van der Waals surface area contributed by atoms with Crippen molar-refractivity contribution in [1.29, 1.82) is 0 Å². The van der Waals surface area contributed by atoms with E-state index in [1.807, 2.05) is 25.9 Å². The second-order valence-corrected chi connectivity index (χ2v) is 9.62. The van der Waals surface area contributed by atoms with E-state index in [9.17, 15) is 9.90 Å². The molecule has 0 amide bonds. The Balaban J connectivity index is 1.52. The molecule has 0 radical (unpaired) electrons. The third-order valence-corrected chi connectivity index (χ3v) is 6.49. The van der Waals surface area contributed by atoms with E-state index in [1.165, 1.54) is 11.9 Å². The Morgan fingerprint density at radius 3 is 2.83 bits per heavy atom. The standard InChI is InChI=1S/C26H41N7O3/c1-19(36-4)17-33(14-6-5-9-21-11-10-20-8-7-13-27-25(20)30-21)15-12-22(26(34)35)31-23-16-24(32(2)3)29-18-28-23/h10-11,16,18-19,22H,5-9,12-15,17H2,1-4H3,(H,27,30)(H,34,35)(H,28,29,31)/t19-,22?/m1/s1. The Morgan fingerprint density at radius 2 is 2.08 bits per heavy atom. The number of pyridine rings is 1. The van der Waals surface area contributed by atoms with Crippen LogP contribution in [0.4, 0.5) is 17.5 Å². The van der Waals surface area contributed by atoms with Crippen LogP contribution in [0.15, 0.2) is 24.5 Å². The van der Waals surface area contributed by atoms with Crippen molar-refractivity contribution < 1.29 is 14.6 Å². The summed E-state index contributed by atoms with van der Waals surface area (Å²) in [6.45, 7) is 5.30. The molecular weight excluding hydrogens is 458 g/mol. The molecule has 3 rings (SSSR count). The molecule has 0 fully saturated rings. The zero-order valence-corrected chi connectivity index (χ0v) is 22.0. The molecular formula is C26H41N7O3. The zero-order valence-electron chi connectivity index (χ0n) is 22.0. The third kappa shape index (κ3) is 8.60. The molecule has 0 saturated heterocycles. The molecule has 0 spiro atoms. The lowest BCUT2D eigenvalue weighted by molar-refractivity contribution is -0.138. The average Bonchev–Trinajstić information content (AvgIpc) is 2.88. The minimum Gasteiger partial charge on any atom is -0.480 e. The number of rotatable bonds is 15. The molecule has 36 heavy (non-hydrogen) atoms. The van der Waals surface area contributed by atoms with Gasteiger partial charge < -0.3 is 30.3 Å². The van der Waals surface area contributed by atoms with E-state index < -0.39 is 12.0 Å². The summed E-state index contributed by atoms with van der Waals surface area (Å²) in [6, 6.07) is 5.36. The molecule has 0 aliphatic carbocycles. The van der Waals surface area contributed by atoms with Gasteiger partial charge in [-0.3, -0.25) is 0 Å². The fourth-order valence-electron chi connectivity index (χ4n) is 4.30. The number of aliphatic carboxylic acids is 1. The number of methoxy groups -OCH3 is 1. The summed E-state index contributed by atoms with van der Waals surface area (Å²) in [5, 5.41) is 16.3. The predicted molar refractivity (Wildman–Crippen MR) is 143 cm³/mol. The van der Waals surface area contributed by atoms with E-state index in [4.69, 9.17) is 9.72 Å². The molecule has 10 nitrogen and oxygen atoms in total. The molecule has 1 aliphatic rings. The summed E-state index contributed by atoms with van der Waals surface area (Å²) in [5.41, 5.74) is 2.43. The van der Waals surface area contributed by atoms with E-state index in [1.54, 1.807) is 13.2 Å². The van der Waals surface area contributed by atoms with Crippen molar-refractivity contribution in [2.45, 2.75) is 57.6 Å². The van der Waals surface area contributed by atoms with Crippen molar-refractivity contribution in [1.82, 2.24) is 19.9 Å². The molecule has 0 saturated carbocycles. The average molecular weight is 500 g/mol. The SMILES string of the molecule is CO[C@H](C)CN(CCCCc1ccc2c(n1)NCCC2)CCC(Nc1cc(N(C)C)ncn1)C(=O)O. The number of nitrogens with zero attached hydrogens (tertiary/aromatic N) is 5. The molecule has 2 atom stereocenters. The Kier molecular flexibility index (Phi) is 10.7. The summed E-state index contributed by atoms with van der Waals surface area (Å²) < 4.78 is 5.48. The summed E-state index contributed by atoms with van der Waals surface area (Å²) in [4.78, 5) is 29.3. The molecule has 198 valence electrons. The van der Waals surface area contributed by atoms with Gasteiger partial charge in [-0.1, -0.05) is 6.07 Å². The van der Waals surface area contributed by atoms with Crippen LogP contribution in [0.25, 0.3) is 0 Å². The number of ether oxygens (including phenoxy) is 1. The molecule has 1 aliphatic heterocycles. The van der Waals surface area contributed by atoms with E-state index in [0.717, 1.165) is 69.1 Å². The Bertz CT molecular complexity index is 972. The lowest BCUT2D eigenvalue weighted by Gasteiger charge is -2.27. The van der Waals surface area contributed by atoms with Gasteiger partial charge in [0.15, 0.2) is 0 Å². The van der Waals surface area contributed by atoms with E-state index in [2.05, 4.69) is 37.6 Å². The number of aryl methyl sites for hydroxylation is 2. The predicted octanol–water partition coefficient (Wildman–Crippen LogP) is 2.91. The van der Waals surface area contributed by atoms with Crippen LogP contribution in [0.5, 0.6) is 0 Å². The summed E-state index contributed by atoms with van der Waals surface area (Å²) in [5.74, 6) is 1.37. The van der Waals surface area contributed by atoms with E-state index in [-0.39, 0.29) is 6.10 Å². The summed E-state index contributed by atoms with van der Waals surface area (Å²) in [7, 11) is 5.47. The number of unbranched alkanes of at least 4 members (excludes halogenated alkanes) is 1. The van der Waals surface area contributed by atoms with Crippen LogP contribution >= 0.6 is 0 Å². The lowest BCUT2D eigenvalue weighted by Crippen LogP contribution is -2.38. The normalized spacial score (nSPS) is 14.6. The maximum Gasteiger partial charge on any atom is 0.326 e. The van der Waals surface area contributed by atoms with Crippen molar-refractivity contribution in [3.63, 3.8) is 0 Å². The van der Waals surface area contributed by atoms with Crippen LogP contribution in [-0.2, 0) is 22.4 Å². The highest BCUT2D eigenvalue weighted by Gasteiger charge is 2.20. The number of fused-ring (bicyclic) bond motifs is 1. The van der Waals surface area contributed by atoms with Gasteiger partial charge >= 0.3 is 5.97 Å². The first-order valence-electron chi connectivity index (χ1n) is 12.8. The lowest BCUT2D eigenvalue weighted by atomic mass is 10.1. The van der Waals surface area contributed by atoms with Gasteiger partial charge in [-0.25, -0.2) is 19.7 Å². The first-order valence-corrected chi connectivity index (χ1v) is 12.8. The third-order valence-electron chi connectivity index (χ3n) is 6.49. The highest BCUT2D eigenvalue weighted by Crippen LogP contribution is 2.20. The molecule has 10 heteroatoms. The van der Waals surface area contributed by atoms with Gasteiger partial charge in [0.1, 0.15) is 29.8 Å². The number of hydrogen-bond acceptors (Lipinski definition) is 9. The first kappa shape index (κ1) is 27.6. The Labute approximate surface area is 214 Å². The van der Waals surface area contributed by atoms with Crippen molar-refractivity contribution >= 4 is 23.4 Å².